The molecule has 5 nitrogen and oxygen atoms in total. The average molecular weight is 602 g/mol. The van der Waals surface area contributed by atoms with Crippen molar-refractivity contribution < 1.29 is 31.6 Å². The number of halogens is 6. The van der Waals surface area contributed by atoms with Gasteiger partial charge in [0.25, 0.3) is 5.91 Å². The maximum absolute atomic E-state index is 14.4. The SMILES string of the molecule is C1CN2CCC1CC2.O=C(NF)C(Cc1ccc(Br)cc1)NC(=O)C1(c2ccc(C(F)(F)F)cc2F)CC1. The molecule has 3 heterocycles. The van der Waals surface area contributed by atoms with E-state index in [2.05, 4.69) is 26.1 Å². The maximum atomic E-state index is 14.4. The van der Waals surface area contributed by atoms with Gasteiger partial charge in [0.1, 0.15) is 11.9 Å². The molecule has 11 heteroatoms. The number of nitrogens with zero attached hydrogens (tertiary/aromatic N) is 1. The van der Waals surface area contributed by atoms with Crippen LogP contribution in [-0.2, 0) is 27.6 Å². The van der Waals surface area contributed by atoms with Crippen molar-refractivity contribution in [2.24, 2.45) is 5.92 Å². The Bertz CT molecular complexity index is 1120. The second-order valence-corrected chi connectivity index (χ2v) is 11.1. The van der Waals surface area contributed by atoms with E-state index in [4.69, 9.17) is 0 Å². The third-order valence-corrected chi connectivity index (χ3v) is 8.15. The second kappa shape index (κ2) is 11.7. The molecule has 3 aliphatic heterocycles. The first kappa shape index (κ1) is 28.5. The molecule has 1 aliphatic carbocycles. The zero-order valence-corrected chi connectivity index (χ0v) is 22.2. The molecule has 2 aromatic carbocycles. The normalized spacial score (nSPS) is 22.1. The van der Waals surface area contributed by atoms with Crippen LogP contribution >= 0.6 is 15.9 Å². The molecule has 2 aromatic rings. The molecule has 4 aliphatic rings. The van der Waals surface area contributed by atoms with Crippen molar-refractivity contribution in [1.29, 1.82) is 0 Å². The highest BCUT2D eigenvalue weighted by atomic mass is 79.9. The van der Waals surface area contributed by atoms with Gasteiger partial charge in [0.2, 0.25) is 5.91 Å². The Morgan fingerprint density at radius 3 is 2.05 bits per heavy atom. The molecular formula is C27H29BrF5N3O2. The monoisotopic (exact) mass is 601 g/mol. The van der Waals surface area contributed by atoms with Crippen molar-refractivity contribution in [2.45, 2.75) is 56.2 Å². The fourth-order valence-electron chi connectivity index (χ4n) is 5.11. The van der Waals surface area contributed by atoms with Crippen LogP contribution in [0.25, 0.3) is 0 Å². The van der Waals surface area contributed by atoms with Gasteiger partial charge < -0.3 is 10.2 Å². The fraction of sp³-hybridized carbons (Fsp3) is 0.481. The molecule has 38 heavy (non-hydrogen) atoms. The van der Waals surface area contributed by atoms with Crippen LogP contribution < -0.4 is 10.9 Å². The van der Waals surface area contributed by atoms with Gasteiger partial charge in [-0.25, -0.2) is 4.39 Å². The first-order valence-corrected chi connectivity index (χ1v) is 13.4. The van der Waals surface area contributed by atoms with Crippen molar-refractivity contribution in [3.05, 3.63) is 69.4 Å². The molecule has 1 saturated carbocycles. The summed E-state index contributed by atoms with van der Waals surface area (Å²) in [5.74, 6) is -1.88. The summed E-state index contributed by atoms with van der Waals surface area (Å²) in [7, 11) is 0. The molecule has 6 rings (SSSR count). The van der Waals surface area contributed by atoms with E-state index < -0.39 is 40.8 Å². The number of nitrogens with one attached hydrogen (secondary N) is 2. The highest BCUT2D eigenvalue weighted by Crippen LogP contribution is 2.50. The van der Waals surface area contributed by atoms with Gasteiger partial charge in [-0.15, -0.1) is 4.48 Å². The van der Waals surface area contributed by atoms with Crippen LogP contribution in [0.5, 0.6) is 0 Å². The lowest BCUT2D eigenvalue weighted by Gasteiger charge is -2.38. The van der Waals surface area contributed by atoms with Crippen LogP contribution in [0.3, 0.4) is 0 Å². The van der Waals surface area contributed by atoms with E-state index in [1.807, 2.05) is 0 Å². The summed E-state index contributed by atoms with van der Waals surface area (Å²) in [6.07, 6.45) is 0.112. The summed E-state index contributed by atoms with van der Waals surface area (Å²) in [5.41, 5.74) is -1.11. The highest BCUT2D eigenvalue weighted by Gasteiger charge is 2.53. The molecule has 2 N–H and O–H groups in total. The Labute approximate surface area is 226 Å². The lowest BCUT2D eigenvalue weighted by Crippen LogP contribution is -2.49. The zero-order chi connectivity index (χ0) is 27.5. The predicted octanol–water partition coefficient (Wildman–Crippen LogP) is 5.47. The van der Waals surface area contributed by atoms with Crippen LogP contribution in [0.1, 0.15) is 48.8 Å². The van der Waals surface area contributed by atoms with Crippen molar-refractivity contribution in [3.63, 3.8) is 0 Å². The standard InChI is InChI=1S/C20H16BrF5N2O2.C7H13N/c21-13-4-1-11(2-5-13)9-16(17(29)28-26)27-18(30)19(7-8-19)14-6-3-12(10-15(14)22)20(23,24)25;1-4-8-5-2-7(1)3-6-8/h1-6,10,16H,7-9H2,(H,27,30)(H,28,29);7H,1-6H2. The van der Waals surface area contributed by atoms with Gasteiger partial charge in [0.15, 0.2) is 0 Å². The van der Waals surface area contributed by atoms with Crippen LogP contribution in [0.2, 0.25) is 0 Å². The van der Waals surface area contributed by atoms with Crippen molar-refractivity contribution >= 4 is 27.7 Å². The average Bonchev–Trinajstić information content (AvgIpc) is 3.72. The Hall–Kier alpha value is -2.53. The first-order chi connectivity index (χ1) is 18.0. The van der Waals surface area contributed by atoms with Gasteiger partial charge in [0, 0.05) is 16.5 Å². The molecule has 1 unspecified atom stereocenters. The Morgan fingerprint density at radius 1 is 1.03 bits per heavy atom. The molecule has 0 spiro atoms. The van der Waals surface area contributed by atoms with Crippen molar-refractivity contribution in [3.8, 4) is 0 Å². The van der Waals surface area contributed by atoms with E-state index in [-0.39, 0.29) is 24.8 Å². The summed E-state index contributed by atoms with van der Waals surface area (Å²) < 4.78 is 66.3. The molecule has 1 atom stereocenters. The quantitative estimate of drug-likeness (QED) is 0.341. The Kier molecular flexibility index (Phi) is 8.76. The molecule has 3 saturated heterocycles. The second-order valence-electron chi connectivity index (χ2n) is 10.2. The van der Waals surface area contributed by atoms with Gasteiger partial charge in [-0.05, 0) is 87.5 Å². The summed E-state index contributed by atoms with van der Waals surface area (Å²) in [4.78, 5) is 27.3. The minimum absolute atomic E-state index is 0.0274. The van der Waals surface area contributed by atoms with Gasteiger partial charge in [-0.1, -0.05) is 34.1 Å². The van der Waals surface area contributed by atoms with Gasteiger partial charge in [-0.2, -0.15) is 18.7 Å². The van der Waals surface area contributed by atoms with E-state index in [1.54, 1.807) is 24.3 Å². The minimum Gasteiger partial charge on any atom is -0.343 e. The number of hydrogen-bond acceptors (Lipinski definition) is 3. The lowest BCUT2D eigenvalue weighted by atomic mass is 9.89. The number of benzene rings is 2. The van der Waals surface area contributed by atoms with E-state index in [0.717, 1.165) is 22.0 Å². The number of rotatable bonds is 6. The zero-order valence-electron chi connectivity index (χ0n) is 20.6. The van der Waals surface area contributed by atoms with Crippen LogP contribution in [0, 0.1) is 11.7 Å². The molecular weight excluding hydrogens is 573 g/mol. The number of carbonyl (C=O) groups is 2. The smallest absolute Gasteiger partial charge is 0.343 e. The topological polar surface area (TPSA) is 61.4 Å². The van der Waals surface area contributed by atoms with Crippen LogP contribution in [-0.4, -0.2) is 42.4 Å². The minimum atomic E-state index is -4.71. The molecule has 2 amide bonds. The number of fused-ring (bicyclic) bond motifs is 3. The van der Waals surface area contributed by atoms with Crippen molar-refractivity contribution in [2.75, 3.05) is 19.6 Å². The summed E-state index contributed by atoms with van der Waals surface area (Å²) in [5, 5.41) is 2.41. The van der Waals surface area contributed by atoms with E-state index >= 15 is 0 Å². The summed E-state index contributed by atoms with van der Waals surface area (Å²) in [6, 6.07) is 7.48. The van der Waals surface area contributed by atoms with Gasteiger partial charge >= 0.3 is 6.18 Å². The Balaban J connectivity index is 0.000000353. The fourth-order valence-corrected chi connectivity index (χ4v) is 5.38. The van der Waals surface area contributed by atoms with E-state index in [1.165, 1.54) is 38.9 Å². The molecule has 0 radical (unpaired) electrons. The van der Waals surface area contributed by atoms with Crippen molar-refractivity contribution in [1.82, 2.24) is 15.8 Å². The van der Waals surface area contributed by atoms with Gasteiger partial charge in [-0.3, -0.25) is 9.59 Å². The number of carbonyl (C=O) groups excluding carboxylic acids is 2. The summed E-state index contributed by atoms with van der Waals surface area (Å²) in [6.45, 7) is 4.18. The largest absolute Gasteiger partial charge is 0.416 e. The number of hydrogen-bond donors (Lipinski definition) is 2. The highest BCUT2D eigenvalue weighted by molar-refractivity contribution is 9.10. The Morgan fingerprint density at radius 2 is 1.63 bits per heavy atom. The van der Waals surface area contributed by atoms with Gasteiger partial charge in [0.05, 0.1) is 11.0 Å². The third-order valence-electron chi connectivity index (χ3n) is 7.63. The predicted molar refractivity (Wildman–Crippen MR) is 135 cm³/mol. The van der Waals surface area contributed by atoms with E-state index in [0.29, 0.717) is 17.7 Å². The molecule has 206 valence electrons. The lowest BCUT2D eigenvalue weighted by molar-refractivity contribution is -0.137. The van der Waals surface area contributed by atoms with Crippen LogP contribution in [0.4, 0.5) is 22.0 Å². The number of amides is 2. The molecule has 0 aromatic heterocycles. The molecule has 2 bridgehead atoms. The number of piperidine rings is 3. The molecule has 4 fully saturated rings. The maximum Gasteiger partial charge on any atom is 0.416 e. The number of alkyl halides is 3. The third kappa shape index (κ3) is 6.72. The summed E-state index contributed by atoms with van der Waals surface area (Å²) >= 11 is 3.26. The van der Waals surface area contributed by atoms with Crippen LogP contribution in [0.15, 0.2) is 46.9 Å². The first-order valence-electron chi connectivity index (χ1n) is 12.6. The van der Waals surface area contributed by atoms with E-state index in [9.17, 15) is 31.6 Å².